The van der Waals surface area contributed by atoms with E-state index in [0.717, 1.165) is 87.3 Å². The van der Waals surface area contributed by atoms with E-state index >= 15 is 0 Å². The average Bonchev–Trinajstić information content (AvgIpc) is 0.834. The van der Waals surface area contributed by atoms with E-state index in [9.17, 15) is 0 Å². The molecule has 0 amide bonds. The number of aryl methyl sites for hydroxylation is 3. The van der Waals surface area contributed by atoms with E-state index in [1.165, 1.54) is 41.5 Å². The van der Waals surface area contributed by atoms with E-state index in [1.54, 1.807) is 12.4 Å². The highest BCUT2D eigenvalue weighted by Gasteiger charge is 2.22. The summed E-state index contributed by atoms with van der Waals surface area (Å²) in [4.78, 5) is 12.9. The fraction of sp³-hybridized carbons (Fsp3) is 0.705. The molecule has 3 aromatic carbocycles. The zero-order valence-electron chi connectivity index (χ0n) is 92.2. The van der Waals surface area contributed by atoms with Crippen LogP contribution in [0.3, 0.4) is 0 Å². The van der Waals surface area contributed by atoms with Crippen molar-refractivity contribution < 1.29 is 37.9 Å². The third-order valence-corrected chi connectivity index (χ3v) is 17.8. The van der Waals surface area contributed by atoms with Gasteiger partial charge in [-0.2, -0.15) is 0 Å². The highest BCUT2D eigenvalue weighted by molar-refractivity contribution is 5.32. The van der Waals surface area contributed by atoms with Crippen molar-refractivity contribution in [3.05, 3.63) is 150 Å². The van der Waals surface area contributed by atoms with Gasteiger partial charge < -0.3 is 69.8 Å². The number of aromatic nitrogens is 3. The fourth-order valence-electron chi connectivity index (χ4n) is 10.6. The molecule has 3 aromatic heterocycles. The minimum atomic E-state index is 0.0677. The lowest BCUT2D eigenvalue weighted by Gasteiger charge is -2.24. The normalized spacial score (nSPS) is 13.3. The lowest BCUT2D eigenvalue weighted by Crippen LogP contribution is -2.41. The summed E-state index contributed by atoms with van der Waals surface area (Å²) >= 11 is 0. The molecule has 0 bridgehead atoms. The van der Waals surface area contributed by atoms with Gasteiger partial charge in [-0.3, -0.25) is 0 Å². The van der Waals surface area contributed by atoms with Crippen LogP contribution in [0, 0.1) is 27.1 Å². The summed E-state index contributed by atoms with van der Waals surface area (Å²) in [5.74, 6) is 6.44. The van der Waals surface area contributed by atoms with Crippen molar-refractivity contribution in [1.29, 1.82) is 0 Å². The van der Waals surface area contributed by atoms with Gasteiger partial charge in [0.25, 0.3) is 0 Å². The van der Waals surface area contributed by atoms with E-state index in [-0.39, 0.29) is 80.0 Å². The van der Waals surface area contributed by atoms with Crippen LogP contribution in [0.15, 0.2) is 128 Å². The Labute approximate surface area is 795 Å². The van der Waals surface area contributed by atoms with Gasteiger partial charge in [-0.1, -0.05) is 203 Å². The zero-order chi connectivity index (χ0) is 100. The molecular formula is C112H203N9O8. The summed E-state index contributed by atoms with van der Waals surface area (Å²) in [6.07, 6.45) is 12.7. The monoisotopic (exact) mass is 1800 g/mol. The van der Waals surface area contributed by atoms with Crippen molar-refractivity contribution in [3.8, 4) is 46.4 Å². The maximum Gasteiger partial charge on any atom is 0.213 e. The van der Waals surface area contributed by atoms with E-state index in [2.05, 4.69) is 371 Å². The second-order valence-electron chi connectivity index (χ2n) is 46.9. The molecule has 0 aliphatic rings. The Balaban J connectivity index is -0.00000146. The molecule has 0 unspecified atom stereocenters. The Morgan fingerprint density at radius 1 is 0.271 bits per heavy atom. The quantitative estimate of drug-likeness (QED) is 0.0210. The van der Waals surface area contributed by atoms with Gasteiger partial charge in [0.05, 0.1) is 25.6 Å². The Hall–Kier alpha value is -6.73. The third-order valence-electron chi connectivity index (χ3n) is 17.8. The van der Waals surface area contributed by atoms with Crippen LogP contribution < -0.4 is 69.8 Å². The van der Waals surface area contributed by atoms with Crippen LogP contribution in [0.1, 0.15) is 367 Å². The highest BCUT2D eigenvalue weighted by atomic mass is 16.5. The summed E-state index contributed by atoms with van der Waals surface area (Å²) in [7, 11) is 0. The topological polar surface area (TPSA) is 185 Å². The molecule has 744 valence electrons. The lowest BCUT2D eigenvalue weighted by molar-refractivity contribution is 0.189. The number of ether oxygens (including phenoxy) is 8. The molecule has 0 radical (unpaired) electrons. The van der Waals surface area contributed by atoms with Gasteiger partial charge in [-0.05, 0) is 307 Å². The van der Waals surface area contributed by atoms with E-state index in [4.69, 9.17) is 37.9 Å². The van der Waals surface area contributed by atoms with E-state index in [1.807, 2.05) is 116 Å². The number of rotatable bonds is 34. The van der Waals surface area contributed by atoms with Gasteiger partial charge in [0.15, 0.2) is 0 Å². The molecule has 0 aliphatic heterocycles. The predicted molar refractivity (Wildman–Crippen MR) is 560 cm³/mol. The van der Waals surface area contributed by atoms with Crippen molar-refractivity contribution in [3.63, 3.8) is 0 Å². The van der Waals surface area contributed by atoms with Gasteiger partial charge in [0.2, 0.25) is 17.6 Å². The van der Waals surface area contributed by atoms with Gasteiger partial charge in [-0.25, -0.2) is 15.0 Å². The van der Waals surface area contributed by atoms with Crippen molar-refractivity contribution >= 4 is 0 Å². The number of hydrogen-bond acceptors (Lipinski definition) is 17. The molecule has 0 aliphatic carbocycles. The Morgan fingerprint density at radius 2 is 0.550 bits per heavy atom. The maximum absolute atomic E-state index is 6.02. The molecule has 17 heteroatoms. The minimum absolute atomic E-state index is 0.0677. The molecule has 6 rings (SSSR count). The average molecular weight is 1800 g/mol. The number of nitrogens with one attached hydrogen (secondary N) is 6. The first-order chi connectivity index (χ1) is 58.9. The predicted octanol–water partition coefficient (Wildman–Crippen LogP) is 28.0. The first kappa shape index (κ1) is 126. The molecular weight excluding hydrogens is 1600 g/mol. The van der Waals surface area contributed by atoms with Crippen molar-refractivity contribution in [1.82, 2.24) is 46.9 Å². The summed E-state index contributed by atoms with van der Waals surface area (Å²) in [5.41, 5.74) is 7.57. The molecule has 6 N–H and O–H groups in total. The lowest BCUT2D eigenvalue weighted by atomic mass is 9.88. The molecule has 5 atom stereocenters. The molecule has 0 saturated carbocycles. The van der Waals surface area contributed by atoms with Gasteiger partial charge >= 0.3 is 0 Å². The number of pyridine rings is 3. The van der Waals surface area contributed by atoms with Crippen LogP contribution in [0.4, 0.5) is 0 Å². The second kappa shape index (κ2) is 61.2. The summed E-state index contributed by atoms with van der Waals surface area (Å²) in [6, 6.07) is 37.1. The zero-order valence-corrected chi connectivity index (χ0v) is 92.2. The smallest absolute Gasteiger partial charge is 0.213 e. The Bertz CT molecular complexity index is 3590. The molecule has 0 spiro atoms. The highest BCUT2D eigenvalue weighted by Crippen LogP contribution is 2.30. The van der Waals surface area contributed by atoms with Crippen molar-refractivity contribution in [2.75, 3.05) is 59.1 Å². The number of nitrogens with zero attached hydrogens (tertiary/aromatic N) is 3. The maximum atomic E-state index is 6.02. The summed E-state index contributed by atoms with van der Waals surface area (Å²) in [5, 5.41) is 20.6. The Kier molecular flexibility index (Phi) is 60.0. The van der Waals surface area contributed by atoms with Crippen LogP contribution in [0.5, 0.6) is 46.4 Å². The van der Waals surface area contributed by atoms with Crippen LogP contribution in [0.25, 0.3) is 0 Å². The first-order valence-corrected chi connectivity index (χ1v) is 48.8. The molecule has 17 nitrogen and oxygen atoms in total. The van der Waals surface area contributed by atoms with E-state index < -0.39 is 0 Å². The van der Waals surface area contributed by atoms with Gasteiger partial charge in [-0.15, -0.1) is 0 Å². The van der Waals surface area contributed by atoms with Gasteiger partial charge in [0.1, 0.15) is 65.9 Å². The molecule has 0 saturated heterocycles. The Morgan fingerprint density at radius 3 is 0.814 bits per heavy atom. The third kappa shape index (κ3) is 79.5. The molecule has 3 heterocycles. The standard InChI is InChI=1S/2C19H33NO.C18H31NO.2C17H30N2O2.C16H28N2O.3C2H6/c2*1-15(14-20-19(5,6)7)21-17-10-8-9-16(13-17)11-12-18(2,3)4;1-17(2,3)11-10-15-8-7-9-16(14-15)20-13-12-19-18(4,5)6;2*1-13(10-19-17(5,6)7)21-15-9-8-14(11-18-15)20-12-16(2,3)4;1-12(11-18-16(5,6)7)19-14-10-13(8-9-17-14)15(2,3)4;3*1-2/h2*8-10,13,15,20H,11-12,14H2,1-7H3;7-9,14,19H,10-13H2,1-6H3;2*8-9,11,13,19H,10,12H2,1-7H3;8-10,12,18H,11H2,1-7H3;3*1-2H3/t2*15-;;2*13-;12-;;;/m10.100.../s1. The second-order valence-corrected chi connectivity index (χ2v) is 46.9. The van der Waals surface area contributed by atoms with Crippen LogP contribution in [-0.2, 0) is 24.7 Å². The molecule has 129 heavy (non-hydrogen) atoms. The van der Waals surface area contributed by atoms with Crippen molar-refractivity contribution in [2.24, 2.45) is 27.1 Å². The minimum Gasteiger partial charge on any atom is -0.492 e. The van der Waals surface area contributed by atoms with Crippen LogP contribution in [0.2, 0.25) is 0 Å². The van der Waals surface area contributed by atoms with Crippen LogP contribution in [-0.4, -0.2) is 138 Å². The first-order valence-electron chi connectivity index (χ1n) is 48.8. The summed E-state index contributed by atoms with van der Waals surface area (Å²) in [6.45, 7) is 108. The van der Waals surface area contributed by atoms with Gasteiger partial charge in [0, 0.05) is 96.9 Å². The fourth-order valence-corrected chi connectivity index (χ4v) is 10.6. The summed E-state index contributed by atoms with van der Waals surface area (Å²) < 4.78 is 46.7. The van der Waals surface area contributed by atoms with E-state index in [0.29, 0.717) is 53.7 Å². The number of hydrogen-bond donors (Lipinski definition) is 6. The number of benzene rings is 3. The molecule has 6 aromatic rings. The SMILES string of the molecule is CC.CC.CC.CC(C)(C)CCc1cccc(OCCNC(C)(C)C)c1.C[C@@H](CNC(C)(C)C)Oc1cc(C(C)(C)C)ccn1.C[C@@H](CNC(C)(C)C)Oc1ccc(OCC(C)(C)C)cn1.C[C@@H](CNC(C)(C)C)Oc1cccc(CCC(C)(C)C)c1.C[C@H](CNC(C)(C)C)Oc1ccc(OCC(C)(C)C)cn1.C[C@H](CNC(C)(C)C)Oc1cccc(CCC(C)(C)C)c1. The van der Waals surface area contributed by atoms with Crippen LogP contribution >= 0.6 is 0 Å². The largest absolute Gasteiger partial charge is 0.492 e. The molecule has 0 fully saturated rings. The van der Waals surface area contributed by atoms with Crippen molar-refractivity contribution in [2.45, 2.75) is 433 Å².